The molecule has 5 heterocycles. The molecule has 17 heteroatoms. The Balaban J connectivity index is 0.000000300. The highest BCUT2D eigenvalue weighted by atomic mass is 35.5. The Morgan fingerprint density at radius 1 is 1.13 bits per heavy atom. The average molecular weight is 790 g/mol. The lowest BCUT2D eigenvalue weighted by Crippen LogP contribution is -2.35. The molecule has 0 aliphatic carbocycles. The quantitative estimate of drug-likeness (QED) is 0.102. The number of aromatic nitrogens is 6. The van der Waals surface area contributed by atoms with E-state index in [4.69, 9.17) is 33.5 Å². The third kappa shape index (κ3) is 8.53. The van der Waals surface area contributed by atoms with Crippen molar-refractivity contribution in [2.75, 3.05) is 43.7 Å². The number of halogens is 2. The van der Waals surface area contributed by atoms with Crippen molar-refractivity contribution < 1.29 is 13.9 Å². The Morgan fingerprint density at radius 3 is 2.59 bits per heavy atom. The number of rotatable bonds is 9. The van der Waals surface area contributed by atoms with Gasteiger partial charge >= 0.3 is 7.67 Å². The molecule has 4 N–H and O–H groups in total. The predicted molar refractivity (Wildman–Crippen MR) is 211 cm³/mol. The number of hydrogen-bond donors (Lipinski definition) is 3. The number of aryl methyl sites for hydroxylation is 1. The van der Waals surface area contributed by atoms with Crippen molar-refractivity contribution in [1.82, 2.24) is 44.0 Å². The number of nitrogens with zero attached hydrogens (tertiary/aromatic N) is 7. The van der Waals surface area contributed by atoms with Gasteiger partial charge < -0.3 is 15.6 Å². The van der Waals surface area contributed by atoms with E-state index in [1.807, 2.05) is 74.8 Å². The molecular formula is C37H39Cl2N10O4P. The Kier molecular flexibility index (Phi) is 12.5. The molecule has 1 fully saturated rings. The van der Waals surface area contributed by atoms with Crippen molar-refractivity contribution >= 4 is 59.0 Å². The zero-order valence-electron chi connectivity index (χ0n) is 29.7. The lowest BCUT2D eigenvalue weighted by Gasteiger charge is -2.33. The highest BCUT2D eigenvalue weighted by Gasteiger charge is 2.33. The van der Waals surface area contributed by atoms with E-state index >= 15 is 0 Å². The first kappa shape index (κ1) is 38.7. The Bertz CT molecular complexity index is 2420. The second-order valence-corrected chi connectivity index (χ2v) is 15.2. The number of nitrogens with one attached hydrogen (secondary N) is 2. The zero-order valence-corrected chi connectivity index (χ0v) is 32.1. The van der Waals surface area contributed by atoms with Gasteiger partial charge in [0, 0.05) is 74.0 Å². The topological polar surface area (TPSA) is 167 Å². The molecule has 1 saturated heterocycles. The molecular weight excluding hydrogens is 750 g/mol. The second-order valence-electron chi connectivity index (χ2n) is 12.3. The minimum atomic E-state index is -2.84. The Hall–Kier alpha value is -5.00. The summed E-state index contributed by atoms with van der Waals surface area (Å²) in [5.74, 6) is 6.71. The van der Waals surface area contributed by atoms with E-state index < -0.39 is 19.6 Å². The summed E-state index contributed by atoms with van der Waals surface area (Å²) in [6.45, 7) is 4.13. The fraction of sp³-hybridized carbons (Fsp3) is 0.270. The van der Waals surface area contributed by atoms with Crippen molar-refractivity contribution in [2.45, 2.75) is 19.4 Å². The number of hydrogen-bond acceptors (Lipinski definition) is 8. The van der Waals surface area contributed by atoms with E-state index in [0.29, 0.717) is 64.8 Å². The van der Waals surface area contributed by atoms with Crippen LogP contribution in [0.1, 0.15) is 46.6 Å². The standard InChI is InChI=1S/C30H24N8O2.C7H15Cl2N2O2P/c1-19(34-29(39)26-27(31)35-37-15-7-14-32-28(26)37)24-16-22-9-6-8-21(13-12-20-17-33-36(2)18-20)25(22)30(40)38(24)23-10-4-3-5-11-23;8-2-5-11(6-3-9)14(12)10-4-1-7-13-14/h3-11,14-19H,1-2H3,(H2,31,35)(H,34,39);1-7H2,(H,10,12)/t19-;/m0./s1. The molecule has 1 amide bonds. The molecule has 6 aromatic rings. The van der Waals surface area contributed by atoms with Crippen LogP contribution in [0.3, 0.4) is 0 Å². The highest BCUT2D eigenvalue weighted by Crippen LogP contribution is 2.48. The number of nitrogen functional groups attached to an aromatic ring is 1. The lowest BCUT2D eigenvalue weighted by atomic mass is 10.0. The van der Waals surface area contributed by atoms with Crippen LogP contribution in [0.2, 0.25) is 0 Å². The molecule has 0 spiro atoms. The van der Waals surface area contributed by atoms with E-state index in [1.54, 1.807) is 38.6 Å². The highest BCUT2D eigenvalue weighted by molar-refractivity contribution is 7.54. The fourth-order valence-electron chi connectivity index (χ4n) is 6.02. The minimum absolute atomic E-state index is 0.0687. The summed E-state index contributed by atoms with van der Waals surface area (Å²) in [6, 6.07) is 17.9. The number of amides is 1. The number of para-hydroxylation sites is 1. The van der Waals surface area contributed by atoms with Crippen LogP contribution in [-0.2, 0) is 16.1 Å². The predicted octanol–water partition coefficient (Wildman–Crippen LogP) is 5.12. The summed E-state index contributed by atoms with van der Waals surface area (Å²) >= 11 is 11.2. The molecule has 2 aromatic carbocycles. The first-order valence-corrected chi connectivity index (χ1v) is 19.8. The molecule has 2 atom stereocenters. The van der Waals surface area contributed by atoms with Gasteiger partial charge in [-0.1, -0.05) is 42.2 Å². The maximum Gasteiger partial charge on any atom is 0.343 e. The third-order valence-corrected chi connectivity index (χ3v) is 11.2. The smallest absolute Gasteiger partial charge is 0.343 e. The Labute approximate surface area is 321 Å². The van der Waals surface area contributed by atoms with Gasteiger partial charge in [0.2, 0.25) is 0 Å². The van der Waals surface area contributed by atoms with Gasteiger partial charge in [0.1, 0.15) is 5.56 Å². The first-order chi connectivity index (χ1) is 26.1. The fourth-order valence-corrected chi connectivity index (χ4v) is 8.66. The van der Waals surface area contributed by atoms with E-state index in [-0.39, 0.29) is 16.9 Å². The van der Waals surface area contributed by atoms with Gasteiger partial charge in [0.25, 0.3) is 11.5 Å². The van der Waals surface area contributed by atoms with E-state index in [0.717, 1.165) is 18.5 Å². The molecule has 14 nitrogen and oxygen atoms in total. The second kappa shape index (κ2) is 17.4. The normalized spacial score (nSPS) is 16.0. The van der Waals surface area contributed by atoms with Crippen LogP contribution in [0.4, 0.5) is 5.82 Å². The molecule has 0 radical (unpaired) electrons. The van der Waals surface area contributed by atoms with Crippen LogP contribution in [0, 0.1) is 11.8 Å². The molecule has 0 saturated carbocycles. The monoisotopic (exact) mass is 788 g/mol. The van der Waals surface area contributed by atoms with Gasteiger partial charge in [-0.05, 0) is 49.1 Å². The van der Waals surface area contributed by atoms with E-state index in [2.05, 4.69) is 37.4 Å². The minimum Gasteiger partial charge on any atom is -0.381 e. The number of carbonyl (C=O) groups excluding carboxylic acids is 1. The van der Waals surface area contributed by atoms with Crippen molar-refractivity contribution in [1.29, 1.82) is 0 Å². The SMILES string of the molecule is C[C@H](NC(=O)c1c(N)nn2cccnc12)c1cc2cccc(C#Cc3cnn(C)c3)c2c(=O)n1-c1ccccc1.O=P1(N(CCCl)CCCl)NCCCO1. The van der Waals surface area contributed by atoms with Gasteiger partial charge in [-0.25, -0.2) is 19.3 Å². The van der Waals surface area contributed by atoms with Gasteiger partial charge in [0.05, 0.1) is 29.8 Å². The lowest BCUT2D eigenvalue weighted by molar-refractivity contribution is 0.0941. The van der Waals surface area contributed by atoms with Crippen LogP contribution < -0.4 is 21.7 Å². The summed E-state index contributed by atoms with van der Waals surface area (Å²) < 4.78 is 23.9. The van der Waals surface area contributed by atoms with Crippen LogP contribution in [0.25, 0.3) is 22.1 Å². The maximum atomic E-state index is 14.2. The molecule has 0 bridgehead atoms. The zero-order chi connectivity index (χ0) is 38.2. The van der Waals surface area contributed by atoms with Crippen molar-refractivity contribution in [3.05, 3.63) is 118 Å². The number of benzene rings is 2. The van der Waals surface area contributed by atoms with Crippen molar-refractivity contribution in [2.24, 2.45) is 7.05 Å². The molecule has 1 aliphatic heterocycles. The first-order valence-electron chi connectivity index (χ1n) is 17.1. The van der Waals surface area contributed by atoms with Crippen LogP contribution in [0.15, 0.2) is 90.2 Å². The number of pyridine rings is 1. The number of anilines is 1. The molecule has 1 unspecified atom stereocenters. The number of fused-ring (bicyclic) bond motifs is 2. The summed E-state index contributed by atoms with van der Waals surface area (Å²) in [4.78, 5) is 31.8. The summed E-state index contributed by atoms with van der Waals surface area (Å²) in [5.41, 5.74) is 8.96. The number of nitrogens with two attached hydrogens (primary N) is 1. The Morgan fingerprint density at radius 2 is 1.91 bits per heavy atom. The van der Waals surface area contributed by atoms with Crippen molar-refractivity contribution in [3.63, 3.8) is 0 Å². The molecule has 1 aliphatic rings. The van der Waals surface area contributed by atoms with Crippen molar-refractivity contribution in [3.8, 4) is 17.5 Å². The van der Waals surface area contributed by atoms with Gasteiger partial charge in [-0.15, -0.1) is 28.3 Å². The van der Waals surface area contributed by atoms with Gasteiger partial charge in [-0.2, -0.15) is 5.10 Å². The molecule has 280 valence electrons. The van der Waals surface area contributed by atoms with E-state index in [9.17, 15) is 14.2 Å². The third-order valence-electron chi connectivity index (χ3n) is 8.53. The maximum absolute atomic E-state index is 14.2. The van der Waals surface area contributed by atoms with Crippen LogP contribution >= 0.6 is 30.9 Å². The van der Waals surface area contributed by atoms with E-state index in [1.165, 1.54) is 4.52 Å². The summed E-state index contributed by atoms with van der Waals surface area (Å²) in [7, 11) is -1.02. The average Bonchev–Trinajstić information content (AvgIpc) is 3.75. The van der Waals surface area contributed by atoms with Crippen LogP contribution in [0.5, 0.6) is 0 Å². The number of alkyl halides is 2. The summed E-state index contributed by atoms with van der Waals surface area (Å²) in [6.07, 6.45) is 7.62. The molecule has 7 rings (SSSR count). The molecule has 54 heavy (non-hydrogen) atoms. The molecule has 4 aromatic heterocycles. The summed E-state index contributed by atoms with van der Waals surface area (Å²) in [5, 5.41) is 15.4. The number of carbonyl (C=O) groups is 1. The van der Waals surface area contributed by atoms with Gasteiger partial charge in [-0.3, -0.25) is 23.4 Å². The largest absolute Gasteiger partial charge is 0.381 e. The van der Waals surface area contributed by atoms with Gasteiger partial charge in [0.15, 0.2) is 11.5 Å². The van der Waals surface area contributed by atoms with Crippen LogP contribution in [-0.4, -0.2) is 77.5 Å².